The lowest BCUT2D eigenvalue weighted by atomic mass is 10.2. The third kappa shape index (κ3) is 3.68. The molecule has 1 amide bonds. The first-order valence-electron chi connectivity index (χ1n) is 7.13. The number of aryl methyl sites for hydroxylation is 2. The lowest BCUT2D eigenvalue weighted by Crippen LogP contribution is -2.35. The summed E-state index contributed by atoms with van der Waals surface area (Å²) in [7, 11) is 3.08. The predicted molar refractivity (Wildman–Crippen MR) is 86.0 cm³/mol. The van der Waals surface area contributed by atoms with E-state index in [2.05, 4.69) is 5.32 Å². The summed E-state index contributed by atoms with van der Waals surface area (Å²) < 4.78 is 7.91. The van der Waals surface area contributed by atoms with Crippen LogP contribution in [0.5, 0.6) is 5.75 Å². The molecule has 7 heteroatoms. The number of nitrogens with zero attached hydrogens (tertiary/aromatic N) is 2. The van der Waals surface area contributed by atoms with Crippen LogP contribution < -0.4 is 21.2 Å². The number of rotatable bonds is 5. The van der Waals surface area contributed by atoms with Crippen molar-refractivity contribution in [3.05, 3.63) is 62.4 Å². The van der Waals surface area contributed by atoms with E-state index in [0.29, 0.717) is 12.3 Å². The van der Waals surface area contributed by atoms with Crippen LogP contribution in [0.15, 0.2) is 40.1 Å². The number of hydrogen-bond donors (Lipinski definition) is 1. The van der Waals surface area contributed by atoms with Gasteiger partial charge in [-0.05, 0) is 25.1 Å². The summed E-state index contributed by atoms with van der Waals surface area (Å²) in [5.41, 5.74) is 0.252. The summed E-state index contributed by atoms with van der Waals surface area (Å²) >= 11 is 0. The zero-order chi connectivity index (χ0) is 17.0. The summed E-state index contributed by atoms with van der Waals surface area (Å²) in [4.78, 5) is 35.9. The molecule has 0 bridgehead atoms. The molecule has 23 heavy (non-hydrogen) atoms. The molecule has 2 rings (SSSR count). The van der Waals surface area contributed by atoms with E-state index >= 15 is 0 Å². The zero-order valence-corrected chi connectivity index (χ0v) is 13.3. The van der Waals surface area contributed by atoms with Crippen LogP contribution in [-0.4, -0.2) is 28.7 Å². The molecule has 0 fully saturated rings. The lowest BCUT2D eigenvalue weighted by Gasteiger charge is -2.12. The van der Waals surface area contributed by atoms with Gasteiger partial charge in [0, 0.05) is 38.1 Å². The molecule has 0 spiro atoms. The Morgan fingerprint density at radius 3 is 2.70 bits per heavy atom. The first-order valence-corrected chi connectivity index (χ1v) is 7.13. The molecular weight excluding hydrogens is 298 g/mol. The molecule has 122 valence electrons. The van der Waals surface area contributed by atoms with Crippen molar-refractivity contribution in [1.29, 1.82) is 0 Å². The number of hydrogen-bond acceptors (Lipinski definition) is 4. The highest BCUT2D eigenvalue weighted by Crippen LogP contribution is 2.08. The maximum absolute atomic E-state index is 12.0. The molecule has 0 aliphatic carbocycles. The average molecular weight is 317 g/mol. The Morgan fingerprint density at radius 1 is 1.30 bits per heavy atom. The quantitative estimate of drug-likeness (QED) is 0.859. The standard InChI is InChI=1S/C16H19N3O4/c1-11-9-12(23-3)10-14(20)19(11)8-6-17-15(21)13-5-4-7-18(2)16(13)22/h4-5,7,9-10H,6,8H2,1-3H3,(H,17,21). The van der Waals surface area contributed by atoms with Crippen LogP contribution in [0, 0.1) is 6.92 Å². The second kappa shape index (κ2) is 6.95. The van der Waals surface area contributed by atoms with Gasteiger partial charge in [0.15, 0.2) is 0 Å². The van der Waals surface area contributed by atoms with E-state index in [1.807, 2.05) is 0 Å². The topological polar surface area (TPSA) is 82.3 Å². The molecule has 0 aliphatic rings. The molecule has 0 radical (unpaired) electrons. The minimum Gasteiger partial charge on any atom is -0.496 e. The fraction of sp³-hybridized carbons (Fsp3) is 0.312. The van der Waals surface area contributed by atoms with Gasteiger partial charge in [-0.1, -0.05) is 0 Å². The second-order valence-electron chi connectivity index (χ2n) is 5.12. The molecule has 0 saturated carbocycles. The smallest absolute Gasteiger partial charge is 0.263 e. The minimum absolute atomic E-state index is 0.0776. The summed E-state index contributed by atoms with van der Waals surface area (Å²) in [6, 6.07) is 6.24. The van der Waals surface area contributed by atoms with Crippen LogP contribution in [0.3, 0.4) is 0 Å². The Morgan fingerprint density at radius 2 is 2.04 bits per heavy atom. The Bertz CT molecular complexity index is 836. The molecule has 0 unspecified atom stereocenters. The summed E-state index contributed by atoms with van der Waals surface area (Å²) in [6.07, 6.45) is 1.58. The molecular formula is C16H19N3O4. The average Bonchev–Trinajstić information content (AvgIpc) is 2.52. The summed E-state index contributed by atoms with van der Waals surface area (Å²) in [6.45, 7) is 2.34. The van der Waals surface area contributed by atoms with Gasteiger partial charge >= 0.3 is 0 Å². The Kier molecular flexibility index (Phi) is 5.00. The van der Waals surface area contributed by atoms with Crippen LogP contribution in [0.1, 0.15) is 16.1 Å². The van der Waals surface area contributed by atoms with Gasteiger partial charge in [0.05, 0.1) is 7.11 Å². The van der Waals surface area contributed by atoms with Gasteiger partial charge in [-0.15, -0.1) is 0 Å². The first-order chi connectivity index (χ1) is 10.9. The van der Waals surface area contributed by atoms with Gasteiger partial charge in [-0.3, -0.25) is 14.4 Å². The number of aromatic nitrogens is 2. The Balaban J connectivity index is 2.06. The number of pyridine rings is 2. The van der Waals surface area contributed by atoms with Gasteiger partial charge in [0.1, 0.15) is 11.3 Å². The SMILES string of the molecule is COc1cc(C)n(CCNC(=O)c2cccn(C)c2=O)c(=O)c1. The van der Waals surface area contributed by atoms with Gasteiger partial charge in [0.25, 0.3) is 17.0 Å². The van der Waals surface area contributed by atoms with E-state index in [0.717, 1.165) is 5.69 Å². The second-order valence-corrected chi connectivity index (χ2v) is 5.12. The third-order valence-electron chi connectivity index (χ3n) is 3.53. The molecule has 7 nitrogen and oxygen atoms in total. The van der Waals surface area contributed by atoms with E-state index in [4.69, 9.17) is 4.74 Å². The highest BCUT2D eigenvalue weighted by atomic mass is 16.5. The van der Waals surface area contributed by atoms with Crippen molar-refractivity contribution in [3.8, 4) is 5.75 Å². The third-order valence-corrected chi connectivity index (χ3v) is 3.53. The van der Waals surface area contributed by atoms with Crippen molar-refractivity contribution in [2.24, 2.45) is 7.05 Å². The van der Waals surface area contributed by atoms with Crippen molar-refractivity contribution < 1.29 is 9.53 Å². The summed E-state index contributed by atoms with van der Waals surface area (Å²) in [5, 5.41) is 2.66. The van der Waals surface area contributed by atoms with E-state index < -0.39 is 5.91 Å². The van der Waals surface area contributed by atoms with Crippen LogP contribution in [-0.2, 0) is 13.6 Å². The molecule has 0 aliphatic heterocycles. The maximum atomic E-state index is 12.0. The number of ether oxygens (including phenoxy) is 1. The van der Waals surface area contributed by atoms with Crippen LogP contribution in [0.4, 0.5) is 0 Å². The van der Waals surface area contributed by atoms with Crippen molar-refractivity contribution >= 4 is 5.91 Å². The lowest BCUT2D eigenvalue weighted by molar-refractivity contribution is 0.0950. The maximum Gasteiger partial charge on any atom is 0.263 e. The van der Waals surface area contributed by atoms with Gasteiger partial charge in [-0.25, -0.2) is 0 Å². The molecule has 2 aromatic rings. The molecule has 2 aromatic heterocycles. The van der Waals surface area contributed by atoms with Crippen LogP contribution >= 0.6 is 0 Å². The number of methoxy groups -OCH3 is 1. The van der Waals surface area contributed by atoms with Gasteiger partial charge < -0.3 is 19.2 Å². The first kappa shape index (κ1) is 16.5. The van der Waals surface area contributed by atoms with E-state index in [-0.39, 0.29) is 23.2 Å². The zero-order valence-electron chi connectivity index (χ0n) is 13.3. The molecule has 0 saturated heterocycles. The Hall–Kier alpha value is -2.83. The minimum atomic E-state index is -0.453. The van der Waals surface area contributed by atoms with Crippen molar-refractivity contribution in [3.63, 3.8) is 0 Å². The molecule has 0 atom stereocenters. The normalized spacial score (nSPS) is 10.4. The number of carbonyl (C=O) groups excluding carboxylic acids is 1. The predicted octanol–water partition coefficient (Wildman–Crippen LogP) is 0.294. The highest BCUT2D eigenvalue weighted by molar-refractivity contribution is 5.93. The van der Waals surface area contributed by atoms with Gasteiger partial charge in [0.2, 0.25) is 0 Å². The number of amides is 1. The summed E-state index contributed by atoms with van der Waals surface area (Å²) in [5.74, 6) is 0.0472. The van der Waals surface area contributed by atoms with E-state index in [1.165, 1.54) is 28.4 Å². The fourth-order valence-electron chi connectivity index (χ4n) is 2.25. The molecule has 0 aromatic carbocycles. The molecule has 2 heterocycles. The Labute approximate surface area is 133 Å². The number of carbonyl (C=O) groups is 1. The number of nitrogens with one attached hydrogen (secondary N) is 1. The molecule has 1 N–H and O–H groups in total. The van der Waals surface area contributed by atoms with Gasteiger partial charge in [-0.2, -0.15) is 0 Å². The van der Waals surface area contributed by atoms with Crippen molar-refractivity contribution in [2.75, 3.05) is 13.7 Å². The van der Waals surface area contributed by atoms with Crippen LogP contribution in [0.2, 0.25) is 0 Å². The van der Waals surface area contributed by atoms with Crippen molar-refractivity contribution in [1.82, 2.24) is 14.5 Å². The van der Waals surface area contributed by atoms with E-state index in [9.17, 15) is 14.4 Å². The van der Waals surface area contributed by atoms with Crippen molar-refractivity contribution in [2.45, 2.75) is 13.5 Å². The largest absolute Gasteiger partial charge is 0.496 e. The van der Waals surface area contributed by atoms with E-state index in [1.54, 1.807) is 32.3 Å². The highest BCUT2D eigenvalue weighted by Gasteiger charge is 2.11. The van der Waals surface area contributed by atoms with Crippen LogP contribution in [0.25, 0.3) is 0 Å². The monoisotopic (exact) mass is 317 g/mol. The fourth-order valence-corrected chi connectivity index (χ4v) is 2.25.